The van der Waals surface area contributed by atoms with E-state index in [4.69, 9.17) is 4.74 Å². The first kappa shape index (κ1) is 31.4. The second kappa shape index (κ2) is 12.4. The molecule has 2 aromatic rings. The Bertz CT molecular complexity index is 1260. The molecule has 0 radical (unpaired) electrons. The maximum atomic E-state index is 13.3. The van der Waals surface area contributed by atoms with Gasteiger partial charge in [0.15, 0.2) is 0 Å². The van der Waals surface area contributed by atoms with Gasteiger partial charge in [-0.05, 0) is 75.9 Å². The summed E-state index contributed by atoms with van der Waals surface area (Å²) in [5.41, 5.74) is -2.23. The molecule has 2 aliphatic rings. The molecular formula is C28H32F6N4O4. The molecule has 8 nitrogen and oxygen atoms in total. The lowest BCUT2D eigenvalue weighted by atomic mass is 9.92. The van der Waals surface area contributed by atoms with E-state index in [1.807, 2.05) is 18.7 Å². The van der Waals surface area contributed by atoms with Crippen molar-refractivity contribution in [3.63, 3.8) is 0 Å². The van der Waals surface area contributed by atoms with Crippen LogP contribution in [0.3, 0.4) is 0 Å². The van der Waals surface area contributed by atoms with E-state index in [0.29, 0.717) is 44.5 Å². The van der Waals surface area contributed by atoms with E-state index in [1.54, 1.807) is 4.90 Å². The molecule has 0 spiro atoms. The number of ether oxygens (including phenoxy) is 1. The predicted octanol–water partition coefficient (Wildman–Crippen LogP) is 6.50. The fourth-order valence-electron chi connectivity index (χ4n) is 5.57. The number of nitro groups is 1. The number of hydrogen-bond donors (Lipinski definition) is 1. The van der Waals surface area contributed by atoms with Crippen LogP contribution in [0, 0.1) is 10.1 Å². The number of piperazine rings is 1. The van der Waals surface area contributed by atoms with E-state index in [2.05, 4.69) is 5.32 Å². The Morgan fingerprint density at radius 2 is 1.60 bits per heavy atom. The van der Waals surface area contributed by atoms with E-state index in [-0.39, 0.29) is 42.4 Å². The van der Waals surface area contributed by atoms with E-state index in [9.17, 15) is 41.3 Å². The van der Waals surface area contributed by atoms with Crippen LogP contribution in [-0.4, -0.2) is 59.7 Å². The van der Waals surface area contributed by atoms with Crippen LogP contribution in [-0.2, 0) is 21.9 Å². The highest BCUT2D eigenvalue weighted by molar-refractivity contribution is 5.78. The Kier molecular flexibility index (Phi) is 9.24. The van der Waals surface area contributed by atoms with Gasteiger partial charge in [0.05, 0.1) is 16.6 Å². The summed E-state index contributed by atoms with van der Waals surface area (Å²) in [5, 5.41) is 14.0. The number of nitrogens with one attached hydrogen (secondary N) is 1. The lowest BCUT2D eigenvalue weighted by Crippen LogP contribution is -2.59. The van der Waals surface area contributed by atoms with Crippen molar-refractivity contribution in [3.05, 3.63) is 63.7 Å². The molecule has 1 aliphatic heterocycles. The van der Waals surface area contributed by atoms with Gasteiger partial charge < -0.3 is 19.9 Å². The molecule has 230 valence electrons. The molecule has 2 atom stereocenters. The number of carbonyl (C=O) groups is 1. The average Bonchev–Trinajstić information content (AvgIpc) is 2.92. The van der Waals surface area contributed by atoms with Gasteiger partial charge in [-0.15, -0.1) is 0 Å². The lowest BCUT2D eigenvalue weighted by Gasteiger charge is -2.45. The molecule has 2 fully saturated rings. The van der Waals surface area contributed by atoms with Crippen molar-refractivity contribution in [2.24, 2.45) is 0 Å². The van der Waals surface area contributed by atoms with Crippen LogP contribution in [0.1, 0.15) is 50.7 Å². The summed E-state index contributed by atoms with van der Waals surface area (Å²) in [6, 6.07) is 7.36. The third-order valence-electron chi connectivity index (χ3n) is 7.82. The molecule has 4 rings (SSSR count). The predicted molar refractivity (Wildman–Crippen MR) is 143 cm³/mol. The topological polar surface area (TPSA) is 87.9 Å². The van der Waals surface area contributed by atoms with Gasteiger partial charge in [-0.2, -0.15) is 26.3 Å². The molecule has 1 N–H and O–H groups in total. The van der Waals surface area contributed by atoms with E-state index >= 15 is 0 Å². The number of hydrogen-bond acceptors (Lipinski definition) is 6. The van der Waals surface area contributed by atoms with Gasteiger partial charge in [0.25, 0.3) is 5.69 Å². The van der Waals surface area contributed by atoms with Crippen molar-refractivity contribution in [1.82, 2.24) is 4.90 Å². The molecule has 1 amide bonds. The van der Waals surface area contributed by atoms with Crippen molar-refractivity contribution in [1.29, 1.82) is 0 Å². The minimum atomic E-state index is -4.86. The molecule has 1 aliphatic carbocycles. The van der Waals surface area contributed by atoms with Crippen LogP contribution >= 0.6 is 0 Å². The zero-order valence-electron chi connectivity index (χ0n) is 23.0. The largest absolute Gasteiger partial charge is 0.423 e. The molecule has 1 saturated carbocycles. The molecule has 1 saturated heterocycles. The standard InChI is InChI=1S/C28H32F6N4O4/c1-17-15-37(18(2)14-36(17)22-8-3-19(4-9-22)27(29,30)31)26(39)16-42-23-10-5-20(6-11-23)35-21-7-12-25(38(40)41)24(13-21)28(32,33)34/h3-4,7-9,12-13,17-18,20,23,35H,5-6,10-11,14-16H2,1-2H3/t17-,18+,20-,23-/m1/s1. The Hall–Kier alpha value is -3.55. The molecule has 14 heteroatoms. The first-order valence-corrected chi connectivity index (χ1v) is 13.6. The Morgan fingerprint density at radius 3 is 2.17 bits per heavy atom. The second-order valence-corrected chi connectivity index (χ2v) is 10.9. The molecule has 0 bridgehead atoms. The Balaban J connectivity index is 1.25. The highest BCUT2D eigenvalue weighted by Crippen LogP contribution is 2.38. The first-order valence-electron chi connectivity index (χ1n) is 13.6. The number of alkyl halides is 6. The van der Waals surface area contributed by atoms with Gasteiger partial charge in [0.2, 0.25) is 5.91 Å². The SMILES string of the molecule is C[C@@H]1CN(C(=O)CO[C@H]2CC[C@H](Nc3ccc([N+](=O)[O-])c(C(F)(F)F)c3)CC2)[C@@H](C)CN1c1ccc(C(F)(F)F)cc1. The summed E-state index contributed by atoms with van der Waals surface area (Å²) in [5.74, 6) is -0.188. The third-order valence-corrected chi connectivity index (χ3v) is 7.82. The van der Waals surface area contributed by atoms with Crippen LogP contribution in [0.25, 0.3) is 0 Å². The highest BCUT2D eigenvalue weighted by atomic mass is 19.4. The van der Waals surface area contributed by atoms with E-state index in [0.717, 1.165) is 24.3 Å². The van der Waals surface area contributed by atoms with Crippen molar-refractivity contribution in [2.45, 2.75) is 76.1 Å². The lowest BCUT2D eigenvalue weighted by molar-refractivity contribution is -0.388. The average molecular weight is 603 g/mol. The first-order chi connectivity index (χ1) is 19.6. The van der Waals surface area contributed by atoms with Gasteiger partial charge in [-0.3, -0.25) is 14.9 Å². The van der Waals surface area contributed by atoms with Gasteiger partial charge in [-0.1, -0.05) is 0 Å². The minimum absolute atomic E-state index is 0.124. The Morgan fingerprint density at radius 1 is 0.952 bits per heavy atom. The van der Waals surface area contributed by atoms with Crippen LogP contribution in [0.15, 0.2) is 42.5 Å². The van der Waals surface area contributed by atoms with Gasteiger partial charge in [0.1, 0.15) is 12.2 Å². The molecule has 1 heterocycles. The minimum Gasteiger partial charge on any atom is -0.382 e. The number of nitro benzene ring substituents is 1. The van der Waals surface area contributed by atoms with Crippen molar-refractivity contribution >= 4 is 23.0 Å². The van der Waals surface area contributed by atoms with Crippen LogP contribution < -0.4 is 10.2 Å². The monoisotopic (exact) mass is 602 g/mol. The number of anilines is 2. The van der Waals surface area contributed by atoms with Crippen LogP contribution in [0.5, 0.6) is 0 Å². The fraction of sp³-hybridized carbons (Fsp3) is 0.536. The summed E-state index contributed by atoms with van der Waals surface area (Å²) < 4.78 is 84.5. The summed E-state index contributed by atoms with van der Waals surface area (Å²) in [6.45, 7) is 4.49. The summed E-state index contributed by atoms with van der Waals surface area (Å²) in [7, 11) is 0. The molecular weight excluding hydrogens is 570 g/mol. The molecule has 42 heavy (non-hydrogen) atoms. The second-order valence-electron chi connectivity index (χ2n) is 10.9. The maximum absolute atomic E-state index is 13.3. The van der Waals surface area contributed by atoms with Crippen LogP contribution in [0.2, 0.25) is 0 Å². The number of halogens is 6. The normalized spacial score (nSPS) is 23.5. The zero-order valence-corrected chi connectivity index (χ0v) is 23.0. The molecule has 0 aromatic heterocycles. The summed E-state index contributed by atoms with van der Waals surface area (Å²) in [6.07, 6.45) is -7.15. The van der Waals surface area contributed by atoms with Crippen molar-refractivity contribution in [3.8, 4) is 0 Å². The van der Waals surface area contributed by atoms with Gasteiger partial charge in [-0.25, -0.2) is 0 Å². The van der Waals surface area contributed by atoms with Crippen LogP contribution in [0.4, 0.5) is 43.4 Å². The molecule has 0 unspecified atom stereocenters. The quantitative estimate of drug-likeness (QED) is 0.221. The summed E-state index contributed by atoms with van der Waals surface area (Å²) in [4.78, 5) is 26.6. The highest BCUT2D eigenvalue weighted by Gasteiger charge is 2.39. The third kappa shape index (κ3) is 7.44. The number of nitrogens with zero attached hydrogens (tertiary/aromatic N) is 3. The smallest absolute Gasteiger partial charge is 0.382 e. The van der Waals surface area contributed by atoms with Gasteiger partial charge >= 0.3 is 12.4 Å². The number of carbonyl (C=O) groups excluding carboxylic acids is 1. The maximum Gasteiger partial charge on any atom is 0.423 e. The Labute approximate surface area is 238 Å². The number of benzene rings is 2. The van der Waals surface area contributed by atoms with E-state index in [1.165, 1.54) is 18.2 Å². The van der Waals surface area contributed by atoms with Gasteiger partial charge in [0, 0.05) is 48.7 Å². The summed E-state index contributed by atoms with van der Waals surface area (Å²) >= 11 is 0. The fourth-order valence-corrected chi connectivity index (χ4v) is 5.57. The zero-order chi connectivity index (χ0) is 30.8. The number of rotatable bonds is 7. The van der Waals surface area contributed by atoms with Crippen molar-refractivity contribution < 1.29 is 40.8 Å². The van der Waals surface area contributed by atoms with Crippen molar-refractivity contribution in [2.75, 3.05) is 29.9 Å². The number of amides is 1. The van der Waals surface area contributed by atoms with E-state index < -0.39 is 34.1 Å². The molecule has 2 aromatic carbocycles.